The number of hydrogen-bond acceptors (Lipinski definition) is 3. The van der Waals surface area contributed by atoms with E-state index in [1.807, 2.05) is 28.8 Å². The number of carbonyl (C=O) groups is 1. The number of aryl methyl sites for hydroxylation is 1. The summed E-state index contributed by atoms with van der Waals surface area (Å²) < 4.78 is 2.85. The molecule has 0 radical (unpaired) electrons. The van der Waals surface area contributed by atoms with Gasteiger partial charge in [-0.05, 0) is 28.4 Å². The standard InChI is InChI=1S/C14H21BrN4O.ClH/c1-17-9-11(15)8-13(17)14(20)19-5-2-12(10-19)18-6-3-16-4-7-18;/h8-9,12,16H,2-7,10H2,1H3;1H. The third kappa shape index (κ3) is 3.62. The second-order valence-corrected chi connectivity index (χ2v) is 6.55. The molecule has 0 aromatic carbocycles. The van der Waals surface area contributed by atoms with Gasteiger partial charge in [0.1, 0.15) is 5.69 Å². The van der Waals surface area contributed by atoms with E-state index < -0.39 is 0 Å². The SMILES string of the molecule is Cl.Cn1cc(Br)cc1C(=O)N1CCC(N2CCNCC2)C1. The normalized spacial score (nSPS) is 23.1. The molecule has 2 saturated heterocycles. The first-order chi connectivity index (χ1) is 9.65. The number of carbonyl (C=O) groups excluding carboxylic acids is 1. The molecule has 2 fully saturated rings. The summed E-state index contributed by atoms with van der Waals surface area (Å²) in [5.74, 6) is 0.149. The number of aromatic nitrogens is 1. The molecule has 1 aromatic heterocycles. The maximum atomic E-state index is 12.6. The molecule has 1 N–H and O–H groups in total. The zero-order chi connectivity index (χ0) is 14.1. The molecule has 1 atom stereocenters. The smallest absolute Gasteiger partial charge is 0.270 e. The molecule has 3 heterocycles. The van der Waals surface area contributed by atoms with Gasteiger partial charge in [0.2, 0.25) is 0 Å². The minimum atomic E-state index is 0. The van der Waals surface area contributed by atoms with Crippen LogP contribution in [0.15, 0.2) is 16.7 Å². The Balaban J connectivity index is 0.00000161. The number of rotatable bonds is 2. The Labute approximate surface area is 140 Å². The van der Waals surface area contributed by atoms with Gasteiger partial charge in [-0.3, -0.25) is 9.69 Å². The minimum Gasteiger partial charge on any atom is -0.345 e. The van der Waals surface area contributed by atoms with Gasteiger partial charge in [0.05, 0.1) is 0 Å². The number of nitrogens with one attached hydrogen (secondary N) is 1. The summed E-state index contributed by atoms with van der Waals surface area (Å²) in [6, 6.07) is 2.44. The second kappa shape index (κ2) is 7.13. The summed E-state index contributed by atoms with van der Waals surface area (Å²) in [6.45, 7) is 6.06. The second-order valence-electron chi connectivity index (χ2n) is 5.63. The van der Waals surface area contributed by atoms with Crippen molar-refractivity contribution in [2.45, 2.75) is 12.5 Å². The zero-order valence-corrected chi connectivity index (χ0v) is 14.6. The van der Waals surface area contributed by atoms with E-state index >= 15 is 0 Å². The summed E-state index contributed by atoms with van der Waals surface area (Å²) in [6.07, 6.45) is 3.02. The van der Waals surface area contributed by atoms with Gasteiger partial charge in [0, 0.05) is 63.0 Å². The number of nitrogens with zero attached hydrogens (tertiary/aromatic N) is 3. The monoisotopic (exact) mass is 376 g/mol. The molecule has 118 valence electrons. The van der Waals surface area contributed by atoms with E-state index in [0.29, 0.717) is 6.04 Å². The summed E-state index contributed by atoms with van der Waals surface area (Å²) in [5, 5.41) is 3.38. The van der Waals surface area contributed by atoms with Gasteiger partial charge < -0.3 is 14.8 Å². The highest BCUT2D eigenvalue weighted by atomic mass is 79.9. The van der Waals surface area contributed by atoms with Crippen LogP contribution < -0.4 is 5.32 Å². The van der Waals surface area contributed by atoms with Crippen molar-refractivity contribution in [1.82, 2.24) is 19.7 Å². The highest BCUT2D eigenvalue weighted by molar-refractivity contribution is 9.10. The van der Waals surface area contributed by atoms with E-state index in [2.05, 4.69) is 26.1 Å². The van der Waals surface area contributed by atoms with Crippen LogP contribution >= 0.6 is 28.3 Å². The highest BCUT2D eigenvalue weighted by Gasteiger charge is 2.32. The fraction of sp³-hybridized carbons (Fsp3) is 0.643. The van der Waals surface area contributed by atoms with E-state index in [1.165, 1.54) is 0 Å². The first-order valence-corrected chi connectivity index (χ1v) is 8.00. The maximum Gasteiger partial charge on any atom is 0.270 e. The fourth-order valence-electron chi connectivity index (χ4n) is 3.17. The van der Waals surface area contributed by atoms with Gasteiger partial charge in [-0.2, -0.15) is 0 Å². The van der Waals surface area contributed by atoms with Crippen molar-refractivity contribution >= 4 is 34.2 Å². The molecule has 1 amide bonds. The number of piperazine rings is 1. The lowest BCUT2D eigenvalue weighted by Gasteiger charge is -2.32. The van der Waals surface area contributed by atoms with Crippen LogP contribution in [0.25, 0.3) is 0 Å². The first-order valence-electron chi connectivity index (χ1n) is 7.21. The summed E-state index contributed by atoms with van der Waals surface area (Å²) in [4.78, 5) is 17.1. The molecule has 5 nitrogen and oxygen atoms in total. The Morgan fingerprint density at radius 1 is 1.33 bits per heavy atom. The predicted molar refractivity (Wildman–Crippen MR) is 89.1 cm³/mol. The van der Waals surface area contributed by atoms with Crippen molar-refractivity contribution in [1.29, 1.82) is 0 Å². The van der Waals surface area contributed by atoms with Gasteiger partial charge in [0.15, 0.2) is 0 Å². The fourth-order valence-corrected chi connectivity index (χ4v) is 3.69. The van der Waals surface area contributed by atoms with Gasteiger partial charge in [-0.25, -0.2) is 0 Å². The van der Waals surface area contributed by atoms with Crippen molar-refractivity contribution in [2.75, 3.05) is 39.3 Å². The summed E-state index contributed by atoms with van der Waals surface area (Å²) in [5.41, 5.74) is 0.762. The van der Waals surface area contributed by atoms with E-state index in [1.54, 1.807) is 0 Å². The number of hydrogen-bond donors (Lipinski definition) is 1. The number of halogens is 2. The molecule has 3 rings (SSSR count). The topological polar surface area (TPSA) is 40.5 Å². The molecule has 0 spiro atoms. The Morgan fingerprint density at radius 2 is 2.05 bits per heavy atom. The van der Waals surface area contributed by atoms with Gasteiger partial charge in [-0.15, -0.1) is 12.4 Å². The van der Waals surface area contributed by atoms with E-state index in [9.17, 15) is 4.79 Å². The van der Waals surface area contributed by atoms with Gasteiger partial charge >= 0.3 is 0 Å². The molecule has 7 heteroatoms. The zero-order valence-electron chi connectivity index (χ0n) is 12.2. The molecule has 0 bridgehead atoms. The third-order valence-corrected chi connectivity index (χ3v) is 4.74. The first kappa shape index (κ1) is 16.8. The quantitative estimate of drug-likeness (QED) is 0.845. The van der Waals surface area contributed by atoms with Gasteiger partial charge in [-0.1, -0.05) is 0 Å². The lowest BCUT2D eigenvalue weighted by molar-refractivity contribution is 0.0764. The molecule has 1 aromatic rings. The van der Waals surface area contributed by atoms with Crippen molar-refractivity contribution in [3.63, 3.8) is 0 Å². The average molecular weight is 378 g/mol. The van der Waals surface area contributed by atoms with Gasteiger partial charge in [0.25, 0.3) is 5.91 Å². The number of amides is 1. The van der Waals surface area contributed by atoms with Crippen LogP contribution in [0.4, 0.5) is 0 Å². The average Bonchev–Trinajstić information content (AvgIpc) is 3.06. The molecule has 0 aliphatic carbocycles. The van der Waals surface area contributed by atoms with Crippen LogP contribution in [-0.2, 0) is 7.05 Å². The van der Waals surface area contributed by atoms with E-state index in [0.717, 1.165) is 55.9 Å². The Morgan fingerprint density at radius 3 is 2.67 bits per heavy atom. The summed E-state index contributed by atoms with van der Waals surface area (Å²) >= 11 is 3.43. The Hall–Kier alpha value is -0.560. The molecule has 2 aliphatic rings. The lowest BCUT2D eigenvalue weighted by Crippen LogP contribution is -2.49. The van der Waals surface area contributed by atoms with Crippen molar-refractivity contribution in [3.05, 3.63) is 22.4 Å². The van der Waals surface area contributed by atoms with Crippen LogP contribution in [0.3, 0.4) is 0 Å². The third-order valence-electron chi connectivity index (χ3n) is 4.31. The molecule has 2 aliphatic heterocycles. The van der Waals surface area contributed by atoms with E-state index in [4.69, 9.17) is 0 Å². The maximum absolute atomic E-state index is 12.6. The molecular formula is C14H22BrClN4O. The van der Waals surface area contributed by atoms with Crippen molar-refractivity contribution in [2.24, 2.45) is 7.05 Å². The lowest BCUT2D eigenvalue weighted by atomic mass is 10.2. The highest BCUT2D eigenvalue weighted by Crippen LogP contribution is 2.21. The molecule has 21 heavy (non-hydrogen) atoms. The summed E-state index contributed by atoms with van der Waals surface area (Å²) in [7, 11) is 1.92. The van der Waals surface area contributed by atoms with E-state index in [-0.39, 0.29) is 18.3 Å². The van der Waals surface area contributed by atoms with Crippen molar-refractivity contribution in [3.8, 4) is 0 Å². The molecule has 1 unspecified atom stereocenters. The minimum absolute atomic E-state index is 0. The van der Waals surface area contributed by atoms with Crippen LogP contribution in [0, 0.1) is 0 Å². The molecule has 0 saturated carbocycles. The van der Waals surface area contributed by atoms with Crippen LogP contribution in [0.2, 0.25) is 0 Å². The predicted octanol–water partition coefficient (Wildman–Crippen LogP) is 1.33. The largest absolute Gasteiger partial charge is 0.345 e. The van der Waals surface area contributed by atoms with Crippen molar-refractivity contribution < 1.29 is 4.79 Å². The Bertz CT molecular complexity index is 501. The number of likely N-dealkylation sites (tertiary alicyclic amines) is 1. The Kier molecular flexibility index (Phi) is 5.71. The van der Waals surface area contributed by atoms with Crippen LogP contribution in [0.5, 0.6) is 0 Å². The molecular weight excluding hydrogens is 356 g/mol. The van der Waals surface area contributed by atoms with Crippen LogP contribution in [-0.4, -0.2) is 65.6 Å². The van der Waals surface area contributed by atoms with Crippen LogP contribution in [0.1, 0.15) is 16.9 Å².